The number of carboxylic acid groups (broad SMARTS) is 1. The molecule has 2 N–H and O–H groups in total. The molecule has 1 atom stereocenters. The third kappa shape index (κ3) is 3.83. The maximum atomic E-state index is 12.8. The van der Waals surface area contributed by atoms with Crippen LogP contribution in [0.25, 0.3) is 10.9 Å². The second kappa shape index (κ2) is 7.52. The second-order valence-electron chi connectivity index (χ2n) is 6.16. The number of hydrogen-bond acceptors (Lipinski definition) is 5. The average molecular weight is 360 g/mol. The summed E-state index contributed by atoms with van der Waals surface area (Å²) in [5, 5.41) is 16.6. The monoisotopic (exact) mass is 360 g/mol. The van der Waals surface area contributed by atoms with Crippen molar-refractivity contribution in [2.75, 3.05) is 32.8 Å². The molecule has 0 saturated carbocycles. The van der Waals surface area contributed by atoms with E-state index in [9.17, 15) is 14.4 Å². The first-order chi connectivity index (χ1) is 12.5. The molecule has 1 unspecified atom stereocenters. The summed E-state index contributed by atoms with van der Waals surface area (Å²) < 4.78 is 5.62. The van der Waals surface area contributed by atoms with Gasteiger partial charge in [-0.25, -0.2) is 0 Å². The molecule has 9 heteroatoms. The summed E-state index contributed by atoms with van der Waals surface area (Å²) in [6, 6.07) is 7.37. The molecule has 1 aromatic heterocycles. The number of nitrogens with one attached hydrogen (secondary N) is 1. The molecule has 3 rings (SSSR count). The van der Waals surface area contributed by atoms with E-state index in [0.717, 1.165) is 10.9 Å². The van der Waals surface area contributed by atoms with Crippen LogP contribution in [0.3, 0.4) is 0 Å². The number of aromatic amines is 1. The van der Waals surface area contributed by atoms with E-state index < -0.39 is 18.6 Å². The van der Waals surface area contributed by atoms with Gasteiger partial charge >= 0.3 is 5.97 Å². The zero-order valence-electron chi connectivity index (χ0n) is 14.3. The number of para-hydroxylation sites is 1. The lowest BCUT2D eigenvalue weighted by atomic mass is 10.1. The summed E-state index contributed by atoms with van der Waals surface area (Å²) in [5.74, 6) is -1.66. The van der Waals surface area contributed by atoms with Crippen molar-refractivity contribution in [2.24, 2.45) is 0 Å². The number of ether oxygens (including phenoxy) is 1. The molecule has 1 aromatic carbocycles. The zero-order chi connectivity index (χ0) is 18.7. The van der Waals surface area contributed by atoms with Crippen LogP contribution in [0, 0.1) is 0 Å². The number of carbonyl (C=O) groups is 3. The maximum absolute atomic E-state index is 12.8. The molecule has 2 heterocycles. The van der Waals surface area contributed by atoms with Crippen LogP contribution < -0.4 is 0 Å². The Morgan fingerprint density at radius 1 is 1.38 bits per heavy atom. The minimum Gasteiger partial charge on any atom is -0.480 e. The van der Waals surface area contributed by atoms with E-state index in [2.05, 4.69) is 10.2 Å². The molecule has 1 fully saturated rings. The molecule has 1 aliphatic rings. The van der Waals surface area contributed by atoms with Gasteiger partial charge in [-0.15, -0.1) is 0 Å². The number of H-pyrrole nitrogens is 1. The summed E-state index contributed by atoms with van der Waals surface area (Å²) in [6.45, 7) is 2.03. The molecule has 1 saturated heterocycles. The lowest BCUT2D eigenvalue weighted by Crippen LogP contribution is -2.51. The zero-order valence-corrected chi connectivity index (χ0v) is 14.3. The normalized spacial score (nSPS) is 17.3. The van der Waals surface area contributed by atoms with Crippen LogP contribution in [0.5, 0.6) is 0 Å². The molecular formula is C17H20N4O5. The number of aliphatic carboxylic acids is 1. The molecule has 0 bridgehead atoms. The molecule has 2 amide bonds. The van der Waals surface area contributed by atoms with Crippen LogP contribution in [-0.2, 0) is 14.3 Å². The smallest absolute Gasteiger partial charge is 0.323 e. The molecule has 9 nitrogen and oxygen atoms in total. The van der Waals surface area contributed by atoms with E-state index in [-0.39, 0.29) is 24.9 Å². The number of morpholine rings is 1. The molecule has 1 aliphatic heterocycles. The highest BCUT2D eigenvalue weighted by atomic mass is 16.5. The Morgan fingerprint density at radius 3 is 2.88 bits per heavy atom. The Balaban J connectivity index is 1.70. The first-order valence-electron chi connectivity index (χ1n) is 8.27. The molecule has 0 radical (unpaired) electrons. The number of nitrogens with zero attached hydrogens (tertiary/aromatic N) is 3. The highest BCUT2D eigenvalue weighted by Gasteiger charge is 2.29. The highest BCUT2D eigenvalue weighted by Crippen LogP contribution is 2.18. The predicted octanol–water partition coefficient (Wildman–Crippen LogP) is 0.337. The largest absolute Gasteiger partial charge is 0.480 e. The van der Waals surface area contributed by atoms with Gasteiger partial charge < -0.3 is 19.6 Å². The number of amides is 2. The van der Waals surface area contributed by atoms with E-state index >= 15 is 0 Å². The van der Waals surface area contributed by atoms with Crippen LogP contribution in [-0.4, -0.2) is 81.8 Å². The van der Waals surface area contributed by atoms with Crippen molar-refractivity contribution in [3.05, 3.63) is 30.0 Å². The second-order valence-corrected chi connectivity index (χ2v) is 6.16. The van der Waals surface area contributed by atoms with Crippen molar-refractivity contribution in [3.8, 4) is 0 Å². The number of benzene rings is 1. The summed E-state index contributed by atoms with van der Waals surface area (Å²) in [6.07, 6.45) is -0.443. The lowest BCUT2D eigenvalue weighted by molar-refractivity contribution is -0.145. The van der Waals surface area contributed by atoms with Crippen molar-refractivity contribution < 1.29 is 24.2 Å². The fraction of sp³-hybridized carbons (Fsp3) is 0.412. The number of carbonyl (C=O) groups excluding carboxylic acids is 2. The Hall–Kier alpha value is -2.94. The minimum absolute atomic E-state index is 0.118. The van der Waals surface area contributed by atoms with Crippen molar-refractivity contribution in [3.63, 3.8) is 0 Å². The molecule has 0 aliphatic carbocycles. The van der Waals surface area contributed by atoms with Gasteiger partial charge in [-0.05, 0) is 6.07 Å². The van der Waals surface area contributed by atoms with Gasteiger partial charge in [0.2, 0.25) is 5.91 Å². The molecular weight excluding hydrogens is 340 g/mol. The van der Waals surface area contributed by atoms with E-state index in [1.807, 2.05) is 24.3 Å². The van der Waals surface area contributed by atoms with Crippen molar-refractivity contribution >= 4 is 28.7 Å². The number of hydrogen-bond donors (Lipinski definition) is 2. The molecule has 2 aromatic rings. The van der Waals surface area contributed by atoms with Gasteiger partial charge in [0.05, 0.1) is 18.2 Å². The standard InChI is InChI=1S/C17H20N4O5/c1-11(22)21(10-15(23)24)9-12-8-20(6-7-26-12)17(25)16-13-4-2-3-5-14(13)18-19-16/h2-5,12H,6-10H2,1H3,(H,18,19)(H,23,24). The fourth-order valence-corrected chi connectivity index (χ4v) is 3.00. The van der Waals surface area contributed by atoms with E-state index in [4.69, 9.17) is 9.84 Å². The Bertz CT molecular complexity index is 833. The van der Waals surface area contributed by atoms with Gasteiger partial charge in [0, 0.05) is 31.9 Å². The van der Waals surface area contributed by atoms with Gasteiger partial charge in [-0.1, -0.05) is 18.2 Å². The maximum Gasteiger partial charge on any atom is 0.323 e. The van der Waals surface area contributed by atoms with Crippen molar-refractivity contribution in [2.45, 2.75) is 13.0 Å². The van der Waals surface area contributed by atoms with Crippen molar-refractivity contribution in [1.29, 1.82) is 0 Å². The number of rotatable bonds is 5. The molecule has 138 valence electrons. The van der Waals surface area contributed by atoms with Crippen LogP contribution >= 0.6 is 0 Å². The topological polar surface area (TPSA) is 116 Å². The predicted molar refractivity (Wildman–Crippen MR) is 91.6 cm³/mol. The number of fused-ring (bicyclic) bond motifs is 1. The van der Waals surface area contributed by atoms with Crippen molar-refractivity contribution in [1.82, 2.24) is 20.0 Å². The van der Waals surface area contributed by atoms with Gasteiger partial charge in [0.25, 0.3) is 5.91 Å². The third-order valence-corrected chi connectivity index (χ3v) is 4.29. The van der Waals surface area contributed by atoms with Gasteiger partial charge in [0.1, 0.15) is 6.54 Å². The average Bonchev–Trinajstić information content (AvgIpc) is 3.04. The summed E-state index contributed by atoms with van der Waals surface area (Å²) >= 11 is 0. The van der Waals surface area contributed by atoms with Gasteiger partial charge in [-0.3, -0.25) is 19.5 Å². The van der Waals surface area contributed by atoms with Crippen LogP contribution in [0.1, 0.15) is 17.4 Å². The van der Waals surface area contributed by atoms with Gasteiger partial charge in [0.15, 0.2) is 5.69 Å². The third-order valence-electron chi connectivity index (χ3n) is 4.29. The van der Waals surface area contributed by atoms with Crippen LogP contribution in [0.15, 0.2) is 24.3 Å². The van der Waals surface area contributed by atoms with Crippen LogP contribution in [0.2, 0.25) is 0 Å². The first kappa shape index (κ1) is 17.9. The Kier molecular flexibility index (Phi) is 5.17. The lowest BCUT2D eigenvalue weighted by Gasteiger charge is -2.35. The minimum atomic E-state index is -1.09. The number of aromatic nitrogens is 2. The fourth-order valence-electron chi connectivity index (χ4n) is 3.00. The highest BCUT2D eigenvalue weighted by molar-refractivity contribution is 6.04. The SMILES string of the molecule is CC(=O)N(CC(=O)O)CC1CN(C(=O)c2n[nH]c3ccccc23)CCO1. The van der Waals surface area contributed by atoms with Crippen LogP contribution in [0.4, 0.5) is 0 Å². The Morgan fingerprint density at radius 2 is 2.15 bits per heavy atom. The van der Waals surface area contributed by atoms with E-state index in [0.29, 0.717) is 18.8 Å². The van der Waals surface area contributed by atoms with E-state index in [1.54, 1.807) is 4.90 Å². The quantitative estimate of drug-likeness (QED) is 0.794. The van der Waals surface area contributed by atoms with Gasteiger partial charge in [-0.2, -0.15) is 5.10 Å². The number of carboxylic acids is 1. The molecule has 0 spiro atoms. The first-order valence-corrected chi connectivity index (χ1v) is 8.27. The summed E-state index contributed by atoms with van der Waals surface area (Å²) in [7, 11) is 0. The summed E-state index contributed by atoms with van der Waals surface area (Å²) in [5.41, 5.74) is 1.13. The van der Waals surface area contributed by atoms with E-state index in [1.165, 1.54) is 11.8 Å². The summed E-state index contributed by atoms with van der Waals surface area (Å²) in [4.78, 5) is 38.2. The molecule has 26 heavy (non-hydrogen) atoms. The Labute approximate surface area is 149 Å².